The van der Waals surface area contributed by atoms with Crippen molar-refractivity contribution < 1.29 is 0 Å². The molecule has 1 rings (SSSR count). The zero-order valence-electron chi connectivity index (χ0n) is 4.05. The van der Waals surface area contributed by atoms with Crippen LogP contribution in [0.15, 0.2) is 17.5 Å². The Morgan fingerprint density at radius 1 is 1.71 bits per heavy atom. The first-order chi connectivity index (χ1) is 3.43. The zero-order chi connectivity index (χ0) is 5.11. The topological polar surface area (TPSA) is 0 Å². The molecule has 0 saturated heterocycles. The molecule has 1 radical (unpaired) electrons. The van der Waals surface area contributed by atoms with Crippen LogP contribution >= 0.6 is 11.3 Å². The van der Waals surface area contributed by atoms with Gasteiger partial charge in [0.2, 0.25) is 0 Å². The van der Waals surface area contributed by atoms with E-state index in [4.69, 9.17) is 0 Å². The van der Waals surface area contributed by atoms with Crippen LogP contribution in [-0.2, 0) is 6.42 Å². The molecule has 37 valence electrons. The van der Waals surface area contributed by atoms with E-state index in [1.165, 1.54) is 4.88 Å². The van der Waals surface area contributed by atoms with E-state index < -0.39 is 0 Å². The Balaban J connectivity index is 2.76. The predicted octanol–water partition coefficient (Wildman–Crippen LogP) is 2.12. The lowest BCUT2D eigenvalue weighted by atomic mass is 10.4. The van der Waals surface area contributed by atoms with Gasteiger partial charge >= 0.3 is 0 Å². The van der Waals surface area contributed by atoms with Crippen LogP contribution in [0.25, 0.3) is 0 Å². The summed E-state index contributed by atoms with van der Waals surface area (Å²) in [6.45, 7) is 3.74. The van der Waals surface area contributed by atoms with Gasteiger partial charge in [-0.25, -0.2) is 0 Å². The Morgan fingerprint density at radius 2 is 2.57 bits per heavy atom. The summed E-state index contributed by atoms with van der Waals surface area (Å²) in [5.74, 6) is 0. The van der Waals surface area contributed by atoms with Crippen molar-refractivity contribution in [3.63, 3.8) is 0 Å². The van der Waals surface area contributed by atoms with Gasteiger partial charge in [-0.05, 0) is 24.8 Å². The second-order valence-corrected chi connectivity index (χ2v) is 2.36. The first-order valence-electron chi connectivity index (χ1n) is 2.25. The second-order valence-electron chi connectivity index (χ2n) is 1.33. The summed E-state index contributed by atoms with van der Waals surface area (Å²) in [6.07, 6.45) is 0.928. The zero-order valence-corrected chi connectivity index (χ0v) is 4.87. The second kappa shape index (κ2) is 2.12. The highest BCUT2D eigenvalue weighted by Crippen LogP contribution is 2.07. The average Bonchev–Trinajstić information content (AvgIpc) is 2.14. The van der Waals surface area contributed by atoms with Crippen molar-refractivity contribution in [2.24, 2.45) is 0 Å². The van der Waals surface area contributed by atoms with Gasteiger partial charge in [-0.2, -0.15) is 0 Å². The molecule has 0 unspecified atom stereocenters. The Hall–Kier alpha value is -0.300. The predicted molar refractivity (Wildman–Crippen MR) is 33.4 cm³/mol. The summed E-state index contributed by atoms with van der Waals surface area (Å²) in [7, 11) is 0. The van der Waals surface area contributed by atoms with E-state index in [1.54, 1.807) is 11.3 Å². The minimum absolute atomic E-state index is 0.928. The largest absolute Gasteiger partial charge is 0.149 e. The Morgan fingerprint density at radius 3 is 2.86 bits per heavy atom. The van der Waals surface area contributed by atoms with Crippen molar-refractivity contribution in [1.29, 1.82) is 0 Å². The molecule has 0 aliphatic carbocycles. The molecule has 0 amide bonds. The highest BCUT2D eigenvalue weighted by molar-refractivity contribution is 7.09. The smallest absolute Gasteiger partial charge is 0.00452 e. The van der Waals surface area contributed by atoms with Crippen molar-refractivity contribution in [1.82, 2.24) is 0 Å². The molecule has 1 aromatic rings. The number of hydrogen-bond acceptors (Lipinski definition) is 1. The Labute approximate surface area is 47.8 Å². The van der Waals surface area contributed by atoms with Gasteiger partial charge in [0.25, 0.3) is 0 Å². The third-order valence-electron chi connectivity index (χ3n) is 0.827. The molecule has 0 saturated carbocycles. The third kappa shape index (κ3) is 1.03. The highest BCUT2D eigenvalue weighted by Gasteiger charge is 1.82. The van der Waals surface area contributed by atoms with Gasteiger partial charge in [-0.3, -0.25) is 0 Å². The fourth-order valence-electron chi connectivity index (χ4n) is 0.455. The summed E-state index contributed by atoms with van der Waals surface area (Å²) in [5, 5.41) is 2.07. The van der Waals surface area contributed by atoms with E-state index in [9.17, 15) is 0 Å². The van der Waals surface area contributed by atoms with Gasteiger partial charge in [0, 0.05) is 4.88 Å². The summed E-state index contributed by atoms with van der Waals surface area (Å²) in [6, 6.07) is 4.14. The molecular weight excluding hydrogens is 104 g/mol. The summed E-state index contributed by atoms with van der Waals surface area (Å²) in [5.41, 5.74) is 0. The van der Waals surface area contributed by atoms with Crippen molar-refractivity contribution in [3.8, 4) is 0 Å². The van der Waals surface area contributed by atoms with E-state index in [-0.39, 0.29) is 0 Å². The number of hydrogen-bond donors (Lipinski definition) is 0. The number of thiophene rings is 1. The maximum Gasteiger partial charge on any atom is 0.00452 e. The number of rotatable bonds is 1. The monoisotopic (exact) mass is 111 g/mol. The molecule has 0 aliphatic heterocycles. The maximum absolute atomic E-state index is 3.74. The first-order valence-corrected chi connectivity index (χ1v) is 3.13. The minimum Gasteiger partial charge on any atom is -0.149 e. The van der Waals surface area contributed by atoms with E-state index in [1.807, 2.05) is 6.07 Å². The van der Waals surface area contributed by atoms with Crippen molar-refractivity contribution in [2.75, 3.05) is 0 Å². The van der Waals surface area contributed by atoms with E-state index in [2.05, 4.69) is 18.4 Å². The normalized spacial score (nSPS) is 9.29. The van der Waals surface area contributed by atoms with Crippen LogP contribution in [0.5, 0.6) is 0 Å². The van der Waals surface area contributed by atoms with Gasteiger partial charge in [0.05, 0.1) is 0 Å². The molecular formula is C6H7S. The average molecular weight is 111 g/mol. The van der Waals surface area contributed by atoms with Crippen LogP contribution in [-0.4, -0.2) is 0 Å². The van der Waals surface area contributed by atoms with Crippen LogP contribution in [0, 0.1) is 6.92 Å². The third-order valence-corrected chi connectivity index (χ3v) is 1.76. The first kappa shape index (κ1) is 4.85. The standard InChI is InChI=1S/C6H7S/c1-2-6-4-3-5-7-6/h3-5H,1-2H2. The highest BCUT2D eigenvalue weighted by atomic mass is 32.1. The van der Waals surface area contributed by atoms with Gasteiger partial charge in [0.15, 0.2) is 0 Å². The van der Waals surface area contributed by atoms with Crippen molar-refractivity contribution in [2.45, 2.75) is 6.42 Å². The molecule has 1 aromatic heterocycles. The Bertz CT molecular complexity index is 119. The van der Waals surface area contributed by atoms with Crippen molar-refractivity contribution >= 4 is 11.3 Å². The van der Waals surface area contributed by atoms with Gasteiger partial charge in [0.1, 0.15) is 0 Å². The van der Waals surface area contributed by atoms with Crippen LogP contribution in [0.3, 0.4) is 0 Å². The summed E-state index contributed by atoms with van der Waals surface area (Å²) < 4.78 is 0. The quantitative estimate of drug-likeness (QED) is 0.520. The molecule has 0 nitrogen and oxygen atoms in total. The molecule has 7 heavy (non-hydrogen) atoms. The Kier molecular flexibility index (Phi) is 1.47. The lowest BCUT2D eigenvalue weighted by molar-refractivity contribution is 1.35. The van der Waals surface area contributed by atoms with Crippen LogP contribution in [0.2, 0.25) is 0 Å². The molecule has 0 N–H and O–H groups in total. The maximum atomic E-state index is 3.74. The lowest BCUT2D eigenvalue weighted by Gasteiger charge is -1.78. The molecule has 0 aliphatic rings. The molecule has 0 fully saturated rings. The fraction of sp³-hybridized carbons (Fsp3) is 0.167. The van der Waals surface area contributed by atoms with E-state index >= 15 is 0 Å². The molecule has 1 heteroatoms. The lowest BCUT2D eigenvalue weighted by Crippen LogP contribution is -1.63. The SMILES string of the molecule is [CH2]Cc1cccs1. The van der Waals surface area contributed by atoms with Gasteiger partial charge in [-0.15, -0.1) is 11.3 Å². The van der Waals surface area contributed by atoms with E-state index in [0.29, 0.717) is 0 Å². The molecule has 0 spiro atoms. The van der Waals surface area contributed by atoms with Gasteiger partial charge < -0.3 is 0 Å². The molecule has 0 bridgehead atoms. The molecule has 0 atom stereocenters. The van der Waals surface area contributed by atoms with Crippen molar-refractivity contribution in [3.05, 3.63) is 29.3 Å². The fourth-order valence-corrected chi connectivity index (χ4v) is 1.06. The van der Waals surface area contributed by atoms with Crippen LogP contribution < -0.4 is 0 Å². The summed E-state index contributed by atoms with van der Waals surface area (Å²) in [4.78, 5) is 1.36. The molecule has 1 heterocycles. The summed E-state index contributed by atoms with van der Waals surface area (Å²) >= 11 is 1.76. The minimum atomic E-state index is 0.928. The van der Waals surface area contributed by atoms with Crippen LogP contribution in [0.1, 0.15) is 4.88 Å². The van der Waals surface area contributed by atoms with Crippen LogP contribution in [0.4, 0.5) is 0 Å². The van der Waals surface area contributed by atoms with E-state index in [0.717, 1.165) is 6.42 Å². The van der Waals surface area contributed by atoms with Gasteiger partial charge in [-0.1, -0.05) is 6.07 Å². The molecule has 0 aromatic carbocycles.